The van der Waals surface area contributed by atoms with Crippen LogP contribution in [0.1, 0.15) is 23.7 Å². The molecular formula is C19H18N2O4. The molecule has 0 radical (unpaired) electrons. The van der Waals surface area contributed by atoms with Gasteiger partial charge in [-0.25, -0.2) is 9.78 Å². The number of amides is 1. The van der Waals surface area contributed by atoms with Gasteiger partial charge in [-0.1, -0.05) is 36.4 Å². The second kappa shape index (κ2) is 7.61. The third-order valence-electron chi connectivity index (χ3n) is 3.86. The van der Waals surface area contributed by atoms with E-state index in [0.29, 0.717) is 11.6 Å². The van der Waals surface area contributed by atoms with Crippen molar-refractivity contribution in [2.45, 2.75) is 19.1 Å². The Bertz CT molecular complexity index is 789. The number of carbonyl (C=O) groups excluding carboxylic acids is 2. The van der Waals surface area contributed by atoms with Crippen molar-refractivity contribution < 1.29 is 19.1 Å². The molecule has 1 aromatic heterocycles. The molecule has 0 saturated heterocycles. The Hall–Kier alpha value is -3.15. The van der Waals surface area contributed by atoms with E-state index in [-0.39, 0.29) is 18.8 Å². The van der Waals surface area contributed by atoms with Gasteiger partial charge >= 0.3 is 6.09 Å². The summed E-state index contributed by atoms with van der Waals surface area (Å²) in [6, 6.07) is 14.1. The molecule has 0 saturated carbocycles. The molecule has 6 heteroatoms. The number of carbonyl (C=O) groups is 2. The number of methoxy groups -OCH3 is 1. The number of aromatic nitrogens is 1. The summed E-state index contributed by atoms with van der Waals surface area (Å²) in [7, 11) is 1.52. The molecule has 1 aromatic carbocycles. The minimum atomic E-state index is -0.526. The Morgan fingerprint density at radius 2 is 2.00 bits per heavy atom. The van der Waals surface area contributed by atoms with Crippen LogP contribution < -0.4 is 4.74 Å². The average Bonchev–Trinajstić information content (AvgIpc) is 2.67. The molecule has 128 valence electrons. The van der Waals surface area contributed by atoms with E-state index in [1.165, 1.54) is 24.3 Å². The van der Waals surface area contributed by atoms with Gasteiger partial charge in [0.05, 0.1) is 18.8 Å². The van der Waals surface area contributed by atoms with Crippen LogP contribution in [0.3, 0.4) is 0 Å². The van der Waals surface area contributed by atoms with Crippen molar-refractivity contribution in [3.63, 3.8) is 0 Å². The Kier molecular flexibility index (Phi) is 5.09. The molecule has 0 aliphatic carbocycles. The number of allylic oxidation sites excluding steroid dienone is 1. The molecule has 1 unspecified atom stereocenters. The molecule has 1 amide bonds. The zero-order valence-electron chi connectivity index (χ0n) is 13.8. The maximum Gasteiger partial charge on any atom is 0.414 e. The first kappa shape index (κ1) is 16.7. The highest BCUT2D eigenvalue weighted by Crippen LogP contribution is 2.29. The standard InChI is InChI=1S/C19H18N2O4/c1-24-18-9-5-8-16(20-18)17-12-15(22)10-11-21(17)19(23)25-13-14-6-3-2-4-7-14/h2-11,17H,12-13H2,1H3. The molecule has 2 heterocycles. The number of benzene rings is 1. The van der Waals surface area contributed by atoms with Gasteiger partial charge < -0.3 is 9.47 Å². The minimum absolute atomic E-state index is 0.0678. The summed E-state index contributed by atoms with van der Waals surface area (Å²) >= 11 is 0. The van der Waals surface area contributed by atoms with E-state index in [9.17, 15) is 9.59 Å². The van der Waals surface area contributed by atoms with Crippen LogP contribution in [0, 0.1) is 0 Å². The number of ether oxygens (including phenoxy) is 2. The van der Waals surface area contributed by atoms with E-state index in [2.05, 4.69) is 4.98 Å². The first-order valence-corrected chi connectivity index (χ1v) is 7.88. The van der Waals surface area contributed by atoms with Crippen molar-refractivity contribution in [2.24, 2.45) is 0 Å². The second-order valence-electron chi connectivity index (χ2n) is 5.55. The third-order valence-corrected chi connectivity index (χ3v) is 3.86. The van der Waals surface area contributed by atoms with E-state index in [1.807, 2.05) is 30.3 Å². The summed E-state index contributed by atoms with van der Waals surface area (Å²) in [5.74, 6) is 0.360. The fourth-order valence-electron chi connectivity index (χ4n) is 2.58. The summed E-state index contributed by atoms with van der Waals surface area (Å²) in [5, 5.41) is 0. The number of hydrogen-bond donors (Lipinski definition) is 0. The molecule has 1 aliphatic heterocycles. The highest BCUT2D eigenvalue weighted by molar-refractivity contribution is 5.92. The summed E-state index contributed by atoms with van der Waals surface area (Å²) in [6.45, 7) is 0.163. The molecule has 1 aliphatic rings. The molecule has 0 spiro atoms. The number of ketones is 1. The summed E-state index contributed by atoms with van der Waals surface area (Å²) in [4.78, 5) is 30.1. The van der Waals surface area contributed by atoms with E-state index in [4.69, 9.17) is 9.47 Å². The lowest BCUT2D eigenvalue weighted by molar-refractivity contribution is -0.116. The summed E-state index contributed by atoms with van der Waals surface area (Å²) in [5.41, 5.74) is 1.47. The van der Waals surface area contributed by atoms with Crippen molar-refractivity contribution in [3.05, 3.63) is 72.1 Å². The van der Waals surface area contributed by atoms with E-state index >= 15 is 0 Å². The number of rotatable bonds is 4. The van der Waals surface area contributed by atoms with E-state index < -0.39 is 12.1 Å². The lowest BCUT2D eigenvalue weighted by atomic mass is 10.0. The van der Waals surface area contributed by atoms with Crippen LogP contribution in [0.2, 0.25) is 0 Å². The SMILES string of the molecule is COc1cccc(C2CC(=O)C=CN2C(=O)OCc2ccccc2)n1. The normalized spacial score (nSPS) is 16.6. The molecule has 0 fully saturated rings. The summed E-state index contributed by atoms with van der Waals surface area (Å²) < 4.78 is 10.5. The van der Waals surface area contributed by atoms with Crippen molar-refractivity contribution in [2.75, 3.05) is 7.11 Å². The van der Waals surface area contributed by atoms with Gasteiger partial charge in [0.15, 0.2) is 5.78 Å². The maximum atomic E-state index is 12.5. The first-order chi connectivity index (χ1) is 12.2. The topological polar surface area (TPSA) is 68.7 Å². The highest BCUT2D eigenvalue weighted by Gasteiger charge is 2.31. The monoisotopic (exact) mass is 338 g/mol. The zero-order valence-corrected chi connectivity index (χ0v) is 13.8. The molecule has 3 rings (SSSR count). The lowest BCUT2D eigenvalue weighted by Crippen LogP contribution is -2.35. The molecule has 25 heavy (non-hydrogen) atoms. The van der Waals surface area contributed by atoms with Crippen molar-refractivity contribution >= 4 is 11.9 Å². The smallest absolute Gasteiger partial charge is 0.414 e. The van der Waals surface area contributed by atoms with Gasteiger partial charge in [-0.15, -0.1) is 0 Å². The fourth-order valence-corrected chi connectivity index (χ4v) is 2.58. The van der Waals surface area contributed by atoms with Crippen LogP contribution in [-0.2, 0) is 16.1 Å². The van der Waals surface area contributed by atoms with E-state index in [1.54, 1.807) is 18.2 Å². The summed E-state index contributed by atoms with van der Waals surface area (Å²) in [6.07, 6.45) is 2.45. The largest absolute Gasteiger partial charge is 0.481 e. The number of pyridine rings is 1. The van der Waals surface area contributed by atoms with Crippen molar-refractivity contribution in [1.29, 1.82) is 0 Å². The van der Waals surface area contributed by atoms with Gasteiger partial charge in [0.25, 0.3) is 0 Å². The minimum Gasteiger partial charge on any atom is -0.481 e. The quantitative estimate of drug-likeness (QED) is 0.856. The second-order valence-corrected chi connectivity index (χ2v) is 5.55. The first-order valence-electron chi connectivity index (χ1n) is 7.88. The number of hydrogen-bond acceptors (Lipinski definition) is 5. The molecule has 1 atom stereocenters. The van der Waals surface area contributed by atoms with Crippen molar-refractivity contribution in [3.8, 4) is 5.88 Å². The van der Waals surface area contributed by atoms with Gasteiger partial charge in [-0.2, -0.15) is 0 Å². The lowest BCUT2D eigenvalue weighted by Gasteiger charge is -2.29. The van der Waals surface area contributed by atoms with Crippen LogP contribution in [0.25, 0.3) is 0 Å². The van der Waals surface area contributed by atoms with Gasteiger partial charge in [-0.05, 0) is 17.7 Å². The van der Waals surface area contributed by atoms with Gasteiger partial charge in [0, 0.05) is 18.7 Å². The van der Waals surface area contributed by atoms with Gasteiger partial charge in [0.2, 0.25) is 5.88 Å². The van der Waals surface area contributed by atoms with Crippen LogP contribution in [0.15, 0.2) is 60.8 Å². The predicted molar refractivity (Wildman–Crippen MR) is 90.8 cm³/mol. The van der Waals surface area contributed by atoms with E-state index in [0.717, 1.165) is 5.56 Å². The Labute approximate surface area is 145 Å². The van der Waals surface area contributed by atoms with Gasteiger partial charge in [0.1, 0.15) is 6.61 Å². The Balaban J connectivity index is 1.77. The van der Waals surface area contributed by atoms with Crippen LogP contribution in [-0.4, -0.2) is 28.9 Å². The van der Waals surface area contributed by atoms with Crippen molar-refractivity contribution in [1.82, 2.24) is 9.88 Å². The Morgan fingerprint density at radius 1 is 1.20 bits per heavy atom. The van der Waals surface area contributed by atoms with Gasteiger partial charge in [-0.3, -0.25) is 9.69 Å². The average molecular weight is 338 g/mol. The molecule has 6 nitrogen and oxygen atoms in total. The highest BCUT2D eigenvalue weighted by atomic mass is 16.6. The molecular weight excluding hydrogens is 320 g/mol. The molecule has 0 N–H and O–H groups in total. The fraction of sp³-hybridized carbons (Fsp3) is 0.211. The van der Waals surface area contributed by atoms with Crippen LogP contribution >= 0.6 is 0 Å². The maximum absolute atomic E-state index is 12.5. The molecule has 2 aromatic rings. The number of nitrogens with zero attached hydrogens (tertiary/aromatic N) is 2. The predicted octanol–water partition coefficient (Wildman–Crippen LogP) is 3.26. The molecule has 0 bridgehead atoms. The van der Waals surface area contributed by atoms with Crippen LogP contribution in [0.5, 0.6) is 5.88 Å². The zero-order chi connectivity index (χ0) is 17.6. The Morgan fingerprint density at radius 3 is 2.76 bits per heavy atom. The third kappa shape index (κ3) is 4.03. The van der Waals surface area contributed by atoms with Crippen LogP contribution in [0.4, 0.5) is 4.79 Å².